The van der Waals surface area contributed by atoms with Crippen molar-refractivity contribution in [2.45, 2.75) is 9.79 Å². The number of rotatable bonds is 9. The third kappa shape index (κ3) is 7.66. The first-order valence-corrected chi connectivity index (χ1v) is 20.3. The topological polar surface area (TPSA) is 173 Å². The third-order valence-corrected chi connectivity index (χ3v) is 14.3. The molecule has 0 aliphatic carbocycles. The summed E-state index contributed by atoms with van der Waals surface area (Å²) in [4.78, 5) is 25.6. The number of esters is 2. The summed E-state index contributed by atoms with van der Waals surface area (Å²) in [5, 5.41) is 10.2. The van der Waals surface area contributed by atoms with Crippen molar-refractivity contribution in [1.29, 1.82) is 0 Å². The summed E-state index contributed by atoms with van der Waals surface area (Å²) >= 11 is -0.457. The van der Waals surface area contributed by atoms with E-state index in [-0.39, 0.29) is 47.6 Å². The van der Waals surface area contributed by atoms with E-state index < -0.39 is 32.0 Å². The first-order chi connectivity index (χ1) is 18.9. The van der Waals surface area contributed by atoms with E-state index in [1.165, 1.54) is 48.5 Å². The van der Waals surface area contributed by atoms with Gasteiger partial charge in [-0.25, -0.2) is 0 Å². The van der Waals surface area contributed by atoms with Crippen molar-refractivity contribution >= 4 is 67.2 Å². The van der Waals surface area contributed by atoms with Gasteiger partial charge in [0, 0.05) is 0 Å². The molecular weight excluding hydrogens is 690 g/mol. The SMILES string of the molecule is NS(=O)(=O)c1ccc(OC(=O)c2ccccc2[Se][Se]c2ccccc2C(=O)Oc2ccc(S(N)(=O)=O)cc2)cc1. The molecule has 0 radical (unpaired) electrons. The van der Waals surface area contributed by atoms with E-state index in [0.29, 0.717) is 11.1 Å². The van der Waals surface area contributed by atoms with Crippen molar-refractivity contribution in [2.75, 3.05) is 0 Å². The second kappa shape index (κ2) is 12.5. The summed E-state index contributed by atoms with van der Waals surface area (Å²) in [6, 6.07) is 24.3. The van der Waals surface area contributed by atoms with Gasteiger partial charge in [0.25, 0.3) is 0 Å². The monoisotopic (exact) mass is 712 g/mol. The van der Waals surface area contributed by atoms with Gasteiger partial charge in [0.2, 0.25) is 0 Å². The molecule has 0 spiro atoms. The predicted octanol–water partition coefficient (Wildman–Crippen LogP) is 0.694. The Morgan fingerprint density at radius 1 is 0.525 bits per heavy atom. The molecule has 0 aliphatic rings. The van der Waals surface area contributed by atoms with Crippen LogP contribution in [-0.4, -0.2) is 55.0 Å². The number of hydrogen-bond acceptors (Lipinski definition) is 8. The molecule has 0 heterocycles. The molecule has 0 aromatic heterocycles. The number of benzene rings is 4. The zero-order chi connectivity index (χ0) is 28.9. The molecule has 4 N–H and O–H groups in total. The van der Waals surface area contributed by atoms with Gasteiger partial charge in [0.1, 0.15) is 0 Å². The van der Waals surface area contributed by atoms with Crippen LogP contribution < -0.4 is 28.7 Å². The van der Waals surface area contributed by atoms with Crippen LogP contribution in [0.15, 0.2) is 107 Å². The summed E-state index contributed by atoms with van der Waals surface area (Å²) in [5.74, 6) is -0.884. The number of ether oxygens (including phenoxy) is 2. The maximum atomic E-state index is 12.9. The van der Waals surface area contributed by atoms with Crippen molar-refractivity contribution in [1.82, 2.24) is 0 Å². The second-order valence-electron chi connectivity index (χ2n) is 7.97. The quantitative estimate of drug-likeness (QED) is 0.145. The molecule has 0 atom stereocenters. The Hall–Kier alpha value is -3.32. The molecular formula is C26H20N2O8S2Se2. The Bertz CT molecular complexity index is 1650. The molecule has 40 heavy (non-hydrogen) atoms. The summed E-state index contributed by atoms with van der Waals surface area (Å²) < 4.78 is 58.2. The minimum atomic E-state index is -3.87. The number of sulfonamides is 2. The number of primary sulfonamides is 2. The van der Waals surface area contributed by atoms with E-state index in [0.717, 1.165) is 8.92 Å². The Morgan fingerprint density at radius 2 is 0.850 bits per heavy atom. The summed E-state index contributed by atoms with van der Waals surface area (Å²) in [5.41, 5.74) is 0.713. The van der Waals surface area contributed by atoms with Gasteiger partial charge >= 0.3 is 243 Å². The van der Waals surface area contributed by atoms with Crippen LogP contribution in [0.1, 0.15) is 20.7 Å². The zero-order valence-corrected chi connectivity index (χ0v) is 25.4. The van der Waals surface area contributed by atoms with Gasteiger partial charge in [-0.3, -0.25) is 0 Å². The van der Waals surface area contributed by atoms with Crippen LogP contribution in [0.4, 0.5) is 0 Å². The van der Waals surface area contributed by atoms with Crippen molar-refractivity contribution in [2.24, 2.45) is 10.3 Å². The zero-order valence-electron chi connectivity index (χ0n) is 20.3. The molecule has 0 saturated heterocycles. The molecule has 0 aliphatic heterocycles. The Kier molecular flexibility index (Phi) is 9.24. The standard InChI is InChI=1S/C26H20N2O8S2Se2/c27-37(31,32)19-13-9-17(10-14-19)35-25(29)21-5-1-3-7-23(21)39-40-24-8-4-2-6-22(24)26(30)36-18-11-15-20(16-12-18)38(28,33)34/h1-16H,(H2,27,31,32)(H2,28,33,34). The van der Waals surface area contributed by atoms with Crippen LogP contribution in [-0.2, 0) is 20.0 Å². The van der Waals surface area contributed by atoms with Crippen molar-refractivity contribution in [3.63, 3.8) is 0 Å². The Morgan fingerprint density at radius 3 is 1.18 bits per heavy atom. The van der Waals surface area contributed by atoms with E-state index >= 15 is 0 Å². The van der Waals surface area contributed by atoms with Crippen LogP contribution in [0.2, 0.25) is 0 Å². The second-order valence-corrected chi connectivity index (χ2v) is 17.3. The Labute approximate surface area is 241 Å². The van der Waals surface area contributed by atoms with E-state index in [2.05, 4.69) is 0 Å². The molecule has 0 amide bonds. The van der Waals surface area contributed by atoms with Crippen molar-refractivity contribution in [3.05, 3.63) is 108 Å². The third-order valence-electron chi connectivity index (χ3n) is 5.16. The van der Waals surface area contributed by atoms with E-state index in [4.69, 9.17) is 19.8 Å². The van der Waals surface area contributed by atoms with Crippen LogP contribution in [0, 0.1) is 0 Å². The van der Waals surface area contributed by atoms with Gasteiger partial charge in [-0.05, 0) is 0 Å². The fraction of sp³-hybridized carbons (Fsp3) is 0. The summed E-state index contributed by atoms with van der Waals surface area (Å²) in [6.07, 6.45) is 0. The number of carbonyl (C=O) groups is 2. The summed E-state index contributed by atoms with van der Waals surface area (Å²) in [6.45, 7) is 0. The van der Waals surface area contributed by atoms with Gasteiger partial charge in [-0.15, -0.1) is 0 Å². The maximum absolute atomic E-state index is 12.9. The van der Waals surface area contributed by atoms with Crippen molar-refractivity contribution in [3.8, 4) is 11.5 Å². The van der Waals surface area contributed by atoms with Gasteiger partial charge in [0.05, 0.1) is 0 Å². The molecule has 4 aromatic carbocycles. The first kappa shape index (κ1) is 29.7. The molecule has 14 heteroatoms. The van der Waals surface area contributed by atoms with Crippen LogP contribution in [0.3, 0.4) is 0 Å². The summed E-state index contributed by atoms with van der Waals surface area (Å²) in [7, 11) is -7.74. The normalized spacial score (nSPS) is 11.6. The van der Waals surface area contributed by atoms with Crippen molar-refractivity contribution < 1.29 is 35.9 Å². The molecule has 0 unspecified atom stereocenters. The predicted molar refractivity (Wildman–Crippen MR) is 149 cm³/mol. The van der Waals surface area contributed by atoms with E-state index in [9.17, 15) is 26.4 Å². The van der Waals surface area contributed by atoms with Gasteiger partial charge in [0.15, 0.2) is 0 Å². The fourth-order valence-corrected chi connectivity index (χ4v) is 11.3. The molecule has 206 valence electrons. The number of hydrogen-bond donors (Lipinski definition) is 2. The Balaban J connectivity index is 1.47. The van der Waals surface area contributed by atoms with E-state index in [1.807, 2.05) is 12.1 Å². The first-order valence-electron chi connectivity index (χ1n) is 11.1. The average Bonchev–Trinajstić information content (AvgIpc) is 2.92. The number of nitrogens with two attached hydrogens (primary N) is 2. The molecule has 10 nitrogen and oxygen atoms in total. The van der Waals surface area contributed by atoms with Crippen LogP contribution >= 0.6 is 0 Å². The van der Waals surface area contributed by atoms with Crippen LogP contribution in [0.25, 0.3) is 0 Å². The number of carbonyl (C=O) groups excluding carboxylic acids is 2. The average molecular weight is 711 g/mol. The fourth-order valence-electron chi connectivity index (χ4n) is 3.22. The van der Waals surface area contributed by atoms with Gasteiger partial charge < -0.3 is 0 Å². The van der Waals surface area contributed by atoms with Gasteiger partial charge in [-0.2, -0.15) is 0 Å². The molecule has 0 bridgehead atoms. The molecule has 0 fully saturated rings. The molecule has 4 aromatic rings. The molecule has 4 rings (SSSR count). The van der Waals surface area contributed by atoms with E-state index in [1.54, 1.807) is 36.4 Å². The van der Waals surface area contributed by atoms with Crippen LogP contribution in [0.5, 0.6) is 11.5 Å². The molecule has 0 saturated carbocycles. The minimum absolute atomic E-state index is 0.101. The van der Waals surface area contributed by atoms with Gasteiger partial charge in [-0.1, -0.05) is 0 Å².